The number of aromatic nitrogens is 1. The molecule has 5 heteroatoms. The Morgan fingerprint density at radius 2 is 2.19 bits per heavy atom. The van der Waals surface area contributed by atoms with Gasteiger partial charge in [-0.25, -0.2) is 4.79 Å². The van der Waals surface area contributed by atoms with Gasteiger partial charge in [-0.3, -0.25) is 0 Å². The van der Waals surface area contributed by atoms with Crippen molar-refractivity contribution in [3.63, 3.8) is 0 Å². The van der Waals surface area contributed by atoms with Gasteiger partial charge in [0, 0.05) is 23.6 Å². The van der Waals surface area contributed by atoms with E-state index in [0.717, 1.165) is 22.2 Å². The van der Waals surface area contributed by atoms with Crippen LogP contribution in [-0.2, 0) is 6.54 Å². The number of aromatic carboxylic acids is 1. The van der Waals surface area contributed by atoms with Crippen molar-refractivity contribution in [1.29, 1.82) is 0 Å². The van der Waals surface area contributed by atoms with Crippen LogP contribution in [0, 0.1) is 0 Å². The minimum Gasteiger partial charge on any atom is -0.494 e. The Morgan fingerprint density at radius 1 is 1.33 bits per heavy atom. The molecule has 1 aromatic carbocycles. The van der Waals surface area contributed by atoms with Gasteiger partial charge in [-0.15, -0.1) is 11.3 Å². The monoisotopic (exact) mass is 301 g/mol. The van der Waals surface area contributed by atoms with Crippen LogP contribution in [0.2, 0.25) is 0 Å². The Labute approximate surface area is 126 Å². The first kappa shape index (κ1) is 13.7. The lowest BCUT2D eigenvalue weighted by molar-refractivity contribution is 0.0701. The number of hydrogen-bond acceptors (Lipinski definition) is 3. The third-order valence-corrected chi connectivity index (χ3v) is 4.28. The van der Waals surface area contributed by atoms with Crippen LogP contribution in [0.3, 0.4) is 0 Å². The highest BCUT2D eigenvalue weighted by molar-refractivity contribution is 7.12. The van der Waals surface area contributed by atoms with Crippen molar-refractivity contribution < 1.29 is 14.6 Å². The van der Waals surface area contributed by atoms with Crippen molar-refractivity contribution >= 4 is 28.2 Å². The number of carbonyl (C=O) groups is 1. The van der Waals surface area contributed by atoms with Gasteiger partial charge in [-0.05, 0) is 48.2 Å². The predicted molar refractivity (Wildman–Crippen MR) is 83.5 cm³/mol. The molecular weight excluding hydrogens is 286 g/mol. The summed E-state index contributed by atoms with van der Waals surface area (Å²) < 4.78 is 7.55. The summed E-state index contributed by atoms with van der Waals surface area (Å²) in [6.45, 7) is 3.16. The van der Waals surface area contributed by atoms with Crippen molar-refractivity contribution in [2.24, 2.45) is 0 Å². The number of thiophene rings is 1. The van der Waals surface area contributed by atoms with Gasteiger partial charge in [0.15, 0.2) is 0 Å². The number of carboxylic acid groups (broad SMARTS) is 1. The molecule has 4 nitrogen and oxygen atoms in total. The lowest BCUT2D eigenvalue weighted by Gasteiger charge is -2.07. The molecule has 1 N–H and O–H groups in total. The summed E-state index contributed by atoms with van der Waals surface area (Å²) in [7, 11) is 0. The largest absolute Gasteiger partial charge is 0.494 e. The normalized spacial score (nSPS) is 10.9. The highest BCUT2D eigenvalue weighted by Gasteiger charge is 2.12. The van der Waals surface area contributed by atoms with Crippen molar-refractivity contribution in [3.8, 4) is 5.75 Å². The molecule has 3 rings (SSSR count). The fourth-order valence-corrected chi connectivity index (χ4v) is 3.16. The van der Waals surface area contributed by atoms with E-state index >= 15 is 0 Å². The van der Waals surface area contributed by atoms with E-state index in [1.807, 2.05) is 48.8 Å². The lowest BCUT2D eigenvalue weighted by atomic mass is 10.2. The molecule has 108 valence electrons. The second-order valence-corrected chi connectivity index (χ2v) is 5.59. The van der Waals surface area contributed by atoms with Crippen LogP contribution < -0.4 is 4.74 Å². The average molecular weight is 301 g/mol. The second-order valence-electron chi connectivity index (χ2n) is 4.68. The fourth-order valence-electron chi connectivity index (χ4n) is 2.40. The molecule has 2 aromatic heterocycles. The standard InChI is InChI=1S/C16H15NO3S/c1-2-20-13-3-4-14-11(9-13)5-7-17(14)10-12-6-8-21-15(12)16(18)19/h3-9H,2,10H2,1H3,(H,18,19). The third kappa shape index (κ3) is 2.64. The Balaban J connectivity index is 1.94. The Hall–Kier alpha value is -2.27. The molecule has 0 bridgehead atoms. The first-order valence-electron chi connectivity index (χ1n) is 6.70. The summed E-state index contributed by atoms with van der Waals surface area (Å²) in [5.74, 6) is -0.0143. The van der Waals surface area contributed by atoms with Gasteiger partial charge >= 0.3 is 5.97 Å². The fraction of sp³-hybridized carbons (Fsp3) is 0.188. The van der Waals surface area contributed by atoms with Gasteiger partial charge in [-0.1, -0.05) is 0 Å². The zero-order valence-corrected chi connectivity index (χ0v) is 12.4. The van der Waals surface area contributed by atoms with Crippen LogP contribution in [-0.4, -0.2) is 22.2 Å². The maximum atomic E-state index is 11.2. The maximum absolute atomic E-state index is 11.2. The maximum Gasteiger partial charge on any atom is 0.346 e. The first-order chi connectivity index (χ1) is 10.2. The third-order valence-electron chi connectivity index (χ3n) is 3.34. The Kier molecular flexibility index (Phi) is 3.66. The molecule has 0 radical (unpaired) electrons. The quantitative estimate of drug-likeness (QED) is 0.779. The second kappa shape index (κ2) is 5.61. The number of rotatable bonds is 5. The number of carboxylic acids is 1. The van der Waals surface area contributed by atoms with Crippen molar-refractivity contribution in [3.05, 3.63) is 52.3 Å². The molecule has 0 aliphatic rings. The van der Waals surface area contributed by atoms with E-state index in [0.29, 0.717) is 18.0 Å². The van der Waals surface area contributed by atoms with E-state index in [-0.39, 0.29) is 0 Å². The van der Waals surface area contributed by atoms with Gasteiger partial charge in [0.2, 0.25) is 0 Å². The molecule has 3 aromatic rings. The first-order valence-corrected chi connectivity index (χ1v) is 7.58. The van der Waals surface area contributed by atoms with Crippen molar-refractivity contribution in [2.75, 3.05) is 6.61 Å². The molecule has 0 aliphatic heterocycles. The van der Waals surface area contributed by atoms with E-state index in [2.05, 4.69) is 4.57 Å². The molecule has 0 aliphatic carbocycles. The summed E-state index contributed by atoms with van der Waals surface area (Å²) in [6, 6.07) is 9.83. The molecule has 0 saturated heterocycles. The van der Waals surface area contributed by atoms with E-state index in [4.69, 9.17) is 4.74 Å². The van der Waals surface area contributed by atoms with Crippen molar-refractivity contribution in [2.45, 2.75) is 13.5 Å². The van der Waals surface area contributed by atoms with Crippen LogP contribution in [0.5, 0.6) is 5.75 Å². The van der Waals surface area contributed by atoms with Crippen LogP contribution in [0.25, 0.3) is 10.9 Å². The van der Waals surface area contributed by atoms with Gasteiger partial charge in [-0.2, -0.15) is 0 Å². The van der Waals surface area contributed by atoms with Gasteiger partial charge in [0.1, 0.15) is 10.6 Å². The molecule has 21 heavy (non-hydrogen) atoms. The van der Waals surface area contributed by atoms with Gasteiger partial charge < -0.3 is 14.4 Å². The predicted octanol–water partition coefficient (Wildman–Crippen LogP) is 3.85. The number of fused-ring (bicyclic) bond motifs is 1. The molecular formula is C16H15NO3S. The Morgan fingerprint density at radius 3 is 2.95 bits per heavy atom. The SMILES string of the molecule is CCOc1ccc2c(ccn2Cc2ccsc2C(=O)O)c1. The number of nitrogens with zero attached hydrogens (tertiary/aromatic N) is 1. The Bertz CT molecular complexity index is 788. The summed E-state index contributed by atoms with van der Waals surface area (Å²) in [4.78, 5) is 11.6. The minimum absolute atomic E-state index is 0.405. The summed E-state index contributed by atoms with van der Waals surface area (Å²) in [5, 5.41) is 12.1. The van der Waals surface area contributed by atoms with Crippen LogP contribution >= 0.6 is 11.3 Å². The highest BCUT2D eigenvalue weighted by Crippen LogP contribution is 2.24. The molecule has 0 fully saturated rings. The van der Waals surface area contributed by atoms with E-state index < -0.39 is 5.97 Å². The van der Waals surface area contributed by atoms with E-state index in [1.165, 1.54) is 11.3 Å². The van der Waals surface area contributed by atoms with Crippen molar-refractivity contribution in [1.82, 2.24) is 4.57 Å². The molecule has 0 spiro atoms. The number of hydrogen-bond donors (Lipinski definition) is 1. The molecule has 2 heterocycles. The molecule has 0 amide bonds. The summed E-state index contributed by atoms with van der Waals surface area (Å²) in [5.41, 5.74) is 1.90. The zero-order valence-electron chi connectivity index (χ0n) is 11.6. The lowest BCUT2D eigenvalue weighted by Crippen LogP contribution is -2.03. The van der Waals surface area contributed by atoms with Gasteiger partial charge in [0.05, 0.1) is 6.61 Å². The number of ether oxygens (including phenoxy) is 1. The molecule has 0 saturated carbocycles. The van der Waals surface area contributed by atoms with Gasteiger partial charge in [0.25, 0.3) is 0 Å². The molecule has 0 unspecified atom stereocenters. The van der Waals surface area contributed by atoms with Crippen LogP contribution in [0.1, 0.15) is 22.2 Å². The van der Waals surface area contributed by atoms with E-state index in [9.17, 15) is 9.90 Å². The zero-order chi connectivity index (χ0) is 14.8. The smallest absolute Gasteiger partial charge is 0.346 e. The molecule has 0 atom stereocenters. The van der Waals surface area contributed by atoms with Crippen LogP contribution in [0.4, 0.5) is 0 Å². The summed E-state index contributed by atoms with van der Waals surface area (Å²) >= 11 is 1.26. The average Bonchev–Trinajstić information content (AvgIpc) is 3.07. The number of benzene rings is 1. The van der Waals surface area contributed by atoms with E-state index in [1.54, 1.807) is 0 Å². The summed E-state index contributed by atoms with van der Waals surface area (Å²) in [6.07, 6.45) is 1.98. The van der Waals surface area contributed by atoms with Crippen LogP contribution in [0.15, 0.2) is 41.9 Å². The minimum atomic E-state index is -0.866. The highest BCUT2D eigenvalue weighted by atomic mass is 32.1. The topological polar surface area (TPSA) is 51.5 Å².